The number of halogens is 2. The molecule has 1 nitrogen and oxygen atoms in total. The topological polar surface area (TPSA) is 12.9 Å². The van der Waals surface area contributed by atoms with Gasteiger partial charge in [-0.2, -0.15) is 0 Å². The molecule has 15 heavy (non-hydrogen) atoms. The van der Waals surface area contributed by atoms with E-state index in [0.717, 1.165) is 11.1 Å². The summed E-state index contributed by atoms with van der Waals surface area (Å²) in [7, 11) is 0. The lowest BCUT2D eigenvalue weighted by Crippen LogP contribution is -1.85. The van der Waals surface area contributed by atoms with Gasteiger partial charge < -0.3 is 0 Å². The zero-order valence-electron chi connectivity index (χ0n) is 8.17. The van der Waals surface area contributed by atoms with Crippen molar-refractivity contribution in [1.29, 1.82) is 0 Å². The molecule has 0 atom stereocenters. The third-order valence-corrected chi connectivity index (χ3v) is 2.60. The van der Waals surface area contributed by atoms with Crippen molar-refractivity contribution in [2.24, 2.45) is 0 Å². The van der Waals surface area contributed by atoms with E-state index in [-0.39, 0.29) is 5.82 Å². The molecule has 0 fully saturated rings. The van der Waals surface area contributed by atoms with Gasteiger partial charge in [-0.25, -0.2) is 4.39 Å². The molecule has 0 saturated carbocycles. The van der Waals surface area contributed by atoms with Crippen LogP contribution in [-0.2, 0) is 0 Å². The summed E-state index contributed by atoms with van der Waals surface area (Å²) < 4.78 is 13.0. The van der Waals surface area contributed by atoms with Crippen molar-refractivity contribution in [1.82, 2.24) is 4.98 Å². The highest BCUT2D eigenvalue weighted by Gasteiger charge is 2.02. The molecule has 0 saturated heterocycles. The highest BCUT2D eigenvalue weighted by Crippen LogP contribution is 2.23. The molecule has 0 unspecified atom stereocenters. The Balaban J connectivity index is 2.50. The summed E-state index contributed by atoms with van der Waals surface area (Å²) in [4.78, 5) is 4.08. The summed E-state index contributed by atoms with van der Waals surface area (Å²) in [5.41, 5.74) is 2.42. The normalized spacial score (nSPS) is 10.3. The van der Waals surface area contributed by atoms with Crippen LogP contribution in [0.15, 0.2) is 36.5 Å². The highest BCUT2D eigenvalue weighted by molar-refractivity contribution is 6.31. The lowest BCUT2D eigenvalue weighted by atomic mass is 10.1. The molecule has 0 radical (unpaired) electrons. The van der Waals surface area contributed by atoms with Crippen molar-refractivity contribution < 1.29 is 4.39 Å². The molecule has 3 heteroatoms. The van der Waals surface area contributed by atoms with Crippen molar-refractivity contribution in [2.75, 3.05) is 0 Å². The molecule has 0 bridgehead atoms. The van der Waals surface area contributed by atoms with Crippen LogP contribution in [-0.4, -0.2) is 4.98 Å². The van der Waals surface area contributed by atoms with Gasteiger partial charge in [0.25, 0.3) is 0 Å². The summed E-state index contributed by atoms with van der Waals surface area (Å²) in [5.74, 6) is -0.295. The van der Waals surface area contributed by atoms with Gasteiger partial charge in [-0.1, -0.05) is 23.7 Å². The van der Waals surface area contributed by atoms with E-state index in [0.29, 0.717) is 10.7 Å². The summed E-state index contributed by atoms with van der Waals surface area (Å²) in [6.07, 6.45) is 1.44. The van der Waals surface area contributed by atoms with Crippen LogP contribution in [0.25, 0.3) is 11.3 Å². The molecule has 0 N–H and O–H groups in total. The first kappa shape index (κ1) is 10.1. The predicted octanol–water partition coefficient (Wildman–Crippen LogP) is 3.85. The minimum absolute atomic E-state index is 0.295. The Morgan fingerprint density at radius 2 is 2.00 bits per heavy atom. The van der Waals surface area contributed by atoms with Crippen LogP contribution in [0.2, 0.25) is 5.02 Å². The van der Waals surface area contributed by atoms with E-state index in [1.807, 2.05) is 19.1 Å². The lowest BCUT2D eigenvalue weighted by Gasteiger charge is -2.03. The Bertz CT molecular complexity index is 497. The fourth-order valence-corrected chi connectivity index (χ4v) is 1.50. The van der Waals surface area contributed by atoms with Crippen LogP contribution < -0.4 is 0 Å². The van der Waals surface area contributed by atoms with Gasteiger partial charge in [0.05, 0.1) is 5.69 Å². The molecule has 0 aliphatic heterocycles. The smallest absolute Gasteiger partial charge is 0.126 e. The van der Waals surface area contributed by atoms with E-state index in [9.17, 15) is 4.39 Å². The van der Waals surface area contributed by atoms with Gasteiger partial charge in [0.2, 0.25) is 0 Å². The van der Waals surface area contributed by atoms with Gasteiger partial charge in [-0.15, -0.1) is 0 Å². The van der Waals surface area contributed by atoms with Crippen LogP contribution in [0, 0.1) is 12.7 Å². The SMILES string of the molecule is Cc1ccc(-c2cc(F)ccn2)cc1Cl. The number of hydrogen-bond acceptors (Lipinski definition) is 1. The van der Waals surface area contributed by atoms with Gasteiger partial charge in [-0.3, -0.25) is 4.98 Å². The van der Waals surface area contributed by atoms with Crippen LogP contribution in [0.5, 0.6) is 0 Å². The summed E-state index contributed by atoms with van der Waals surface area (Å²) in [6.45, 7) is 1.92. The minimum atomic E-state index is -0.295. The van der Waals surface area contributed by atoms with Crippen molar-refractivity contribution in [3.05, 3.63) is 52.9 Å². The van der Waals surface area contributed by atoms with Crippen molar-refractivity contribution in [3.63, 3.8) is 0 Å². The molecule has 2 rings (SSSR count). The molecule has 1 aromatic carbocycles. The average Bonchev–Trinajstić information content (AvgIpc) is 2.22. The second-order valence-corrected chi connectivity index (χ2v) is 3.73. The first-order chi connectivity index (χ1) is 7.16. The average molecular weight is 222 g/mol. The summed E-state index contributed by atoms with van der Waals surface area (Å²) >= 11 is 5.98. The molecule has 2 aromatic rings. The van der Waals surface area contributed by atoms with E-state index in [4.69, 9.17) is 11.6 Å². The molecule has 0 amide bonds. The second kappa shape index (κ2) is 3.99. The standard InChI is InChI=1S/C12H9ClFN/c1-8-2-3-9(6-11(8)13)12-7-10(14)4-5-15-12/h2-7H,1H3. The van der Waals surface area contributed by atoms with Crippen molar-refractivity contribution in [3.8, 4) is 11.3 Å². The van der Waals surface area contributed by atoms with E-state index >= 15 is 0 Å². The third-order valence-electron chi connectivity index (χ3n) is 2.19. The number of nitrogens with zero attached hydrogens (tertiary/aromatic N) is 1. The fourth-order valence-electron chi connectivity index (χ4n) is 1.31. The molecule has 76 valence electrons. The van der Waals surface area contributed by atoms with Crippen LogP contribution in [0.1, 0.15) is 5.56 Å². The van der Waals surface area contributed by atoms with Gasteiger partial charge >= 0.3 is 0 Å². The minimum Gasteiger partial charge on any atom is -0.256 e. The van der Waals surface area contributed by atoms with Crippen molar-refractivity contribution >= 4 is 11.6 Å². The Kier molecular flexibility index (Phi) is 2.69. The van der Waals surface area contributed by atoms with Gasteiger partial charge in [-0.05, 0) is 24.6 Å². The summed E-state index contributed by atoms with van der Waals surface area (Å²) in [6, 6.07) is 8.27. The van der Waals surface area contributed by atoms with E-state index in [1.165, 1.54) is 18.3 Å². The van der Waals surface area contributed by atoms with Crippen LogP contribution in [0.3, 0.4) is 0 Å². The first-order valence-electron chi connectivity index (χ1n) is 4.55. The van der Waals surface area contributed by atoms with Crippen LogP contribution in [0.4, 0.5) is 4.39 Å². The highest BCUT2D eigenvalue weighted by atomic mass is 35.5. The Morgan fingerprint density at radius 1 is 1.20 bits per heavy atom. The van der Waals surface area contributed by atoms with Gasteiger partial charge in [0.1, 0.15) is 5.82 Å². The Hall–Kier alpha value is -1.41. The fraction of sp³-hybridized carbons (Fsp3) is 0.0833. The maximum absolute atomic E-state index is 13.0. The molecular formula is C12H9ClFN. The number of aryl methyl sites for hydroxylation is 1. The number of rotatable bonds is 1. The lowest BCUT2D eigenvalue weighted by molar-refractivity contribution is 0.626. The zero-order valence-corrected chi connectivity index (χ0v) is 8.92. The molecule has 1 aromatic heterocycles. The molecule has 0 spiro atoms. The summed E-state index contributed by atoms with van der Waals surface area (Å²) in [5, 5.41) is 0.665. The first-order valence-corrected chi connectivity index (χ1v) is 4.93. The number of hydrogen-bond donors (Lipinski definition) is 0. The molecule has 0 aliphatic rings. The van der Waals surface area contributed by atoms with Gasteiger partial charge in [0.15, 0.2) is 0 Å². The maximum atomic E-state index is 13.0. The van der Waals surface area contributed by atoms with E-state index < -0.39 is 0 Å². The molecular weight excluding hydrogens is 213 g/mol. The molecule has 1 heterocycles. The van der Waals surface area contributed by atoms with Gasteiger partial charge in [0, 0.05) is 22.8 Å². The Morgan fingerprint density at radius 3 is 2.67 bits per heavy atom. The maximum Gasteiger partial charge on any atom is 0.126 e. The quantitative estimate of drug-likeness (QED) is 0.713. The molecule has 0 aliphatic carbocycles. The number of aromatic nitrogens is 1. The van der Waals surface area contributed by atoms with Crippen LogP contribution >= 0.6 is 11.6 Å². The predicted molar refractivity (Wildman–Crippen MR) is 59.4 cm³/mol. The number of benzene rings is 1. The third kappa shape index (κ3) is 2.16. The monoisotopic (exact) mass is 221 g/mol. The largest absolute Gasteiger partial charge is 0.256 e. The Labute approximate surface area is 92.5 Å². The number of pyridine rings is 1. The van der Waals surface area contributed by atoms with E-state index in [2.05, 4.69) is 4.98 Å². The second-order valence-electron chi connectivity index (χ2n) is 3.32. The van der Waals surface area contributed by atoms with Crippen molar-refractivity contribution in [2.45, 2.75) is 6.92 Å². The van der Waals surface area contributed by atoms with E-state index in [1.54, 1.807) is 6.07 Å². The zero-order chi connectivity index (χ0) is 10.8.